The molecule has 0 bridgehead atoms. The van der Waals surface area contributed by atoms with Crippen LogP contribution in [0.25, 0.3) is 0 Å². The lowest BCUT2D eigenvalue weighted by atomic mass is 9.99. The Morgan fingerprint density at radius 2 is 1.81 bits per heavy atom. The first-order valence-corrected chi connectivity index (χ1v) is 9.56. The van der Waals surface area contributed by atoms with E-state index in [0.29, 0.717) is 6.42 Å². The molecule has 0 aromatic heterocycles. The van der Waals surface area contributed by atoms with Crippen molar-refractivity contribution in [2.45, 2.75) is 37.8 Å². The van der Waals surface area contributed by atoms with E-state index in [4.69, 9.17) is 9.53 Å². The van der Waals surface area contributed by atoms with Crippen LogP contribution in [0, 0.1) is 5.92 Å². The molecule has 0 amide bonds. The predicted octanol–water partition coefficient (Wildman–Crippen LogP) is 2.39. The molecular formula is C21H32N2O3. The first-order valence-electron chi connectivity index (χ1n) is 9.56. The molecule has 4 rings (SSSR count). The Hall–Kier alpha value is -1.56. The summed E-state index contributed by atoms with van der Waals surface area (Å²) in [5.74, 6) is 1.03. The zero-order valence-electron chi connectivity index (χ0n) is 15.9. The third-order valence-corrected chi connectivity index (χ3v) is 5.51. The van der Waals surface area contributed by atoms with Gasteiger partial charge in [0, 0.05) is 45.4 Å². The largest absolute Gasteiger partial charge is 0.359 e. The molecule has 26 heavy (non-hydrogen) atoms. The second-order valence-electron chi connectivity index (χ2n) is 7.32. The van der Waals surface area contributed by atoms with Gasteiger partial charge in [0.25, 0.3) is 0 Å². The number of carbonyl (C=O) groups excluding carboxylic acids is 2. The number of benzene rings is 1. The monoisotopic (exact) mass is 360 g/mol. The van der Waals surface area contributed by atoms with Gasteiger partial charge in [-0.15, -0.1) is 0 Å². The molecule has 0 N–H and O–H groups in total. The molecule has 0 radical (unpaired) electrons. The van der Waals surface area contributed by atoms with Gasteiger partial charge in [-0.1, -0.05) is 30.3 Å². The number of likely N-dealkylation sites (N-methyl/N-ethyl adjacent to an activating group) is 1. The number of nitrogens with zero attached hydrogens (tertiary/aromatic N) is 2. The van der Waals surface area contributed by atoms with E-state index in [0.717, 1.165) is 30.9 Å². The number of ether oxygens (including phenoxy) is 1. The highest BCUT2D eigenvalue weighted by molar-refractivity contribution is 5.54. The van der Waals surface area contributed by atoms with Crippen molar-refractivity contribution in [3.63, 3.8) is 0 Å². The van der Waals surface area contributed by atoms with Gasteiger partial charge in [-0.3, -0.25) is 4.90 Å². The topological polar surface area (TPSA) is 49.9 Å². The predicted molar refractivity (Wildman–Crippen MR) is 103 cm³/mol. The van der Waals surface area contributed by atoms with Gasteiger partial charge in [0.1, 0.15) is 18.8 Å². The minimum Gasteiger partial charge on any atom is -0.359 e. The number of aldehydes is 1. The number of hydrogen-bond donors (Lipinski definition) is 0. The Labute approximate surface area is 157 Å². The smallest absolute Gasteiger partial charge is 0.124 e. The molecule has 0 atom stereocenters. The Balaban J connectivity index is 0.000000190. The maximum absolute atomic E-state index is 9.97. The van der Waals surface area contributed by atoms with E-state index in [1.807, 2.05) is 37.1 Å². The average molecular weight is 360 g/mol. The summed E-state index contributed by atoms with van der Waals surface area (Å²) in [6.45, 7) is 7.86. The van der Waals surface area contributed by atoms with Crippen molar-refractivity contribution in [3.8, 4) is 0 Å². The van der Waals surface area contributed by atoms with E-state index in [1.165, 1.54) is 45.3 Å². The molecule has 144 valence electrons. The number of rotatable bonds is 4. The van der Waals surface area contributed by atoms with Gasteiger partial charge in [0.2, 0.25) is 0 Å². The standard InChI is InChI=1S/C12H22N2O.C8H8O.CH2O/c1-13-8-9-15-12(13)4-6-14(7-5-12)10-11-2-3-11;9-7-6-8-4-2-1-3-5-8;1-2/h11H,2-10H2,1H3;1-5,7H,6H2;1H2. The molecule has 5 nitrogen and oxygen atoms in total. The minimum absolute atomic E-state index is 0.111. The first-order chi connectivity index (χ1) is 12.7. The fraction of sp³-hybridized carbons (Fsp3) is 0.619. The maximum Gasteiger partial charge on any atom is 0.124 e. The number of carbonyl (C=O) groups is 2. The Morgan fingerprint density at radius 1 is 1.15 bits per heavy atom. The summed E-state index contributed by atoms with van der Waals surface area (Å²) in [5, 5.41) is 0. The molecule has 1 aliphatic carbocycles. The summed E-state index contributed by atoms with van der Waals surface area (Å²) in [4.78, 5) is 23.0. The summed E-state index contributed by atoms with van der Waals surface area (Å²) in [5.41, 5.74) is 1.19. The van der Waals surface area contributed by atoms with Crippen molar-refractivity contribution in [1.29, 1.82) is 0 Å². The zero-order chi connectivity index (χ0) is 18.8. The van der Waals surface area contributed by atoms with Gasteiger partial charge in [-0.05, 0) is 31.4 Å². The zero-order valence-corrected chi connectivity index (χ0v) is 15.9. The fourth-order valence-electron chi connectivity index (χ4n) is 3.67. The third-order valence-electron chi connectivity index (χ3n) is 5.51. The Morgan fingerprint density at radius 3 is 2.31 bits per heavy atom. The molecule has 1 aromatic rings. The molecule has 5 heteroatoms. The molecule has 0 unspecified atom stereocenters. The lowest BCUT2D eigenvalue weighted by molar-refractivity contribution is -0.111. The highest BCUT2D eigenvalue weighted by Crippen LogP contribution is 2.35. The highest BCUT2D eigenvalue weighted by atomic mass is 16.5. The van der Waals surface area contributed by atoms with Crippen LogP contribution in [-0.4, -0.2) is 68.4 Å². The van der Waals surface area contributed by atoms with Crippen LogP contribution in [0.4, 0.5) is 0 Å². The van der Waals surface area contributed by atoms with Crippen LogP contribution in [-0.2, 0) is 20.7 Å². The van der Waals surface area contributed by atoms with E-state index in [9.17, 15) is 4.79 Å². The van der Waals surface area contributed by atoms with E-state index in [-0.39, 0.29) is 5.72 Å². The van der Waals surface area contributed by atoms with Crippen molar-refractivity contribution in [1.82, 2.24) is 9.80 Å². The van der Waals surface area contributed by atoms with E-state index in [2.05, 4.69) is 16.8 Å². The molecule has 1 aromatic carbocycles. The van der Waals surface area contributed by atoms with Crippen LogP contribution < -0.4 is 0 Å². The lowest BCUT2D eigenvalue weighted by Crippen LogP contribution is -2.51. The SMILES string of the molecule is C=O.CN1CCOC12CCN(CC1CC1)CC2.O=CCc1ccccc1. The molecule has 2 heterocycles. The highest BCUT2D eigenvalue weighted by Gasteiger charge is 2.43. The molecule has 3 aliphatic rings. The number of piperidine rings is 1. The minimum atomic E-state index is 0.111. The van der Waals surface area contributed by atoms with Crippen LogP contribution in [0.1, 0.15) is 31.2 Å². The maximum atomic E-state index is 9.97. The first kappa shape index (κ1) is 20.7. The van der Waals surface area contributed by atoms with Crippen molar-refractivity contribution in [3.05, 3.63) is 35.9 Å². The molecule has 1 saturated carbocycles. The molecule has 1 spiro atoms. The van der Waals surface area contributed by atoms with E-state index in [1.54, 1.807) is 0 Å². The fourth-order valence-corrected chi connectivity index (χ4v) is 3.67. The van der Waals surface area contributed by atoms with Gasteiger partial charge >= 0.3 is 0 Å². The van der Waals surface area contributed by atoms with Crippen molar-refractivity contribution in [2.24, 2.45) is 5.92 Å². The molecule has 2 saturated heterocycles. The molecule has 3 fully saturated rings. The summed E-state index contributed by atoms with van der Waals surface area (Å²) in [7, 11) is 2.21. The Bertz CT molecular complexity index is 525. The van der Waals surface area contributed by atoms with Crippen LogP contribution in [0.2, 0.25) is 0 Å². The summed E-state index contributed by atoms with van der Waals surface area (Å²) in [6.07, 6.45) is 6.79. The van der Waals surface area contributed by atoms with E-state index < -0.39 is 0 Å². The van der Waals surface area contributed by atoms with Crippen molar-refractivity contribution < 1.29 is 14.3 Å². The van der Waals surface area contributed by atoms with Crippen LogP contribution in [0.5, 0.6) is 0 Å². The van der Waals surface area contributed by atoms with Crippen molar-refractivity contribution in [2.75, 3.05) is 39.8 Å². The van der Waals surface area contributed by atoms with Gasteiger partial charge in [0.05, 0.1) is 6.61 Å². The van der Waals surface area contributed by atoms with Gasteiger partial charge in [-0.25, -0.2) is 0 Å². The second kappa shape index (κ2) is 10.6. The van der Waals surface area contributed by atoms with Crippen LogP contribution in [0.15, 0.2) is 30.3 Å². The summed E-state index contributed by atoms with van der Waals surface area (Å²) < 4.78 is 5.96. The lowest BCUT2D eigenvalue weighted by Gasteiger charge is -2.42. The molecular weight excluding hydrogens is 328 g/mol. The quantitative estimate of drug-likeness (QED) is 0.772. The van der Waals surface area contributed by atoms with Gasteiger partial charge in [0.15, 0.2) is 0 Å². The van der Waals surface area contributed by atoms with Gasteiger partial charge < -0.3 is 19.2 Å². The molecule has 2 aliphatic heterocycles. The van der Waals surface area contributed by atoms with E-state index >= 15 is 0 Å². The average Bonchev–Trinajstić information content (AvgIpc) is 3.44. The van der Waals surface area contributed by atoms with Crippen LogP contribution in [0.3, 0.4) is 0 Å². The summed E-state index contributed by atoms with van der Waals surface area (Å²) >= 11 is 0. The normalized spacial score (nSPS) is 22.0. The summed E-state index contributed by atoms with van der Waals surface area (Å²) in [6, 6.07) is 9.68. The van der Waals surface area contributed by atoms with Crippen molar-refractivity contribution >= 4 is 13.1 Å². The second-order valence-corrected chi connectivity index (χ2v) is 7.32. The Kier molecular flexibility index (Phi) is 8.42. The number of likely N-dealkylation sites (tertiary alicyclic amines) is 1. The van der Waals surface area contributed by atoms with Gasteiger partial charge in [-0.2, -0.15) is 0 Å². The van der Waals surface area contributed by atoms with Crippen LogP contribution >= 0.6 is 0 Å². The third kappa shape index (κ3) is 6.01. The number of hydrogen-bond acceptors (Lipinski definition) is 5.